The molecule has 0 unspecified atom stereocenters. The van der Waals surface area contributed by atoms with Crippen LogP contribution in [-0.2, 0) is 32.5 Å². The Morgan fingerprint density at radius 3 is 2.48 bits per heavy atom. The number of allylic oxidation sites excluding steroid dienone is 2. The van der Waals surface area contributed by atoms with Crippen molar-refractivity contribution < 1.29 is 40.8 Å². The number of aromatic nitrogens is 1. The SMILES string of the molecule is CC(=O)/C=C(/C)O.COc1c[c-]c(-c2cc(C)ccn2)c(CO)c1.[Pt]. The van der Waals surface area contributed by atoms with Crippen molar-refractivity contribution in [3.05, 3.63) is 59.5 Å². The Balaban J connectivity index is 0.000000620. The first-order chi connectivity index (χ1) is 11.4. The Labute approximate surface area is 162 Å². The second kappa shape index (κ2) is 11.6. The summed E-state index contributed by atoms with van der Waals surface area (Å²) in [4.78, 5) is 14.3. The molecule has 0 saturated carbocycles. The number of carbonyl (C=O) groups is 1. The molecule has 0 aliphatic carbocycles. The molecule has 2 rings (SSSR count). The minimum Gasteiger partial charge on any atom is -0.540 e. The van der Waals surface area contributed by atoms with Crippen molar-refractivity contribution in [1.29, 1.82) is 0 Å². The van der Waals surface area contributed by atoms with Gasteiger partial charge in [0.2, 0.25) is 0 Å². The number of aryl methyl sites for hydroxylation is 1. The molecule has 0 aliphatic heterocycles. The van der Waals surface area contributed by atoms with Crippen molar-refractivity contribution in [2.45, 2.75) is 27.4 Å². The van der Waals surface area contributed by atoms with E-state index in [1.54, 1.807) is 25.4 Å². The number of aliphatic hydroxyl groups is 2. The predicted molar refractivity (Wildman–Crippen MR) is 92.8 cm³/mol. The molecule has 25 heavy (non-hydrogen) atoms. The number of ketones is 1. The summed E-state index contributed by atoms with van der Waals surface area (Å²) in [5.41, 5.74) is 3.53. The average Bonchev–Trinajstić information content (AvgIpc) is 2.53. The average molecular weight is 523 g/mol. The fraction of sp³-hybridized carbons (Fsp3) is 0.263. The number of hydrogen-bond donors (Lipinski definition) is 2. The first kappa shape index (κ1) is 23.0. The van der Waals surface area contributed by atoms with E-state index >= 15 is 0 Å². The van der Waals surface area contributed by atoms with Crippen molar-refractivity contribution in [2.24, 2.45) is 0 Å². The number of ether oxygens (including phenoxy) is 1. The fourth-order valence-electron chi connectivity index (χ4n) is 1.97. The number of hydrogen-bond acceptors (Lipinski definition) is 5. The van der Waals surface area contributed by atoms with Crippen LogP contribution in [0.4, 0.5) is 0 Å². The molecule has 0 amide bonds. The van der Waals surface area contributed by atoms with Gasteiger partial charge in [0.25, 0.3) is 0 Å². The molecule has 1 heterocycles. The summed E-state index contributed by atoms with van der Waals surface area (Å²) in [6, 6.07) is 10.6. The molecule has 1 aromatic carbocycles. The summed E-state index contributed by atoms with van der Waals surface area (Å²) in [5.74, 6) is 0.623. The molecule has 0 atom stereocenters. The second-order valence-electron chi connectivity index (χ2n) is 5.21. The third kappa shape index (κ3) is 8.10. The van der Waals surface area contributed by atoms with Crippen LogP contribution in [0.15, 0.2) is 42.3 Å². The summed E-state index contributed by atoms with van der Waals surface area (Å²) < 4.78 is 5.11. The van der Waals surface area contributed by atoms with E-state index in [0.717, 1.165) is 22.4 Å². The molecular formula is C19H22NO4Pt-. The molecule has 5 nitrogen and oxygen atoms in total. The van der Waals surface area contributed by atoms with E-state index in [1.165, 1.54) is 19.9 Å². The number of benzene rings is 1. The zero-order valence-electron chi connectivity index (χ0n) is 14.6. The summed E-state index contributed by atoms with van der Waals surface area (Å²) in [6.07, 6.45) is 2.92. The van der Waals surface area contributed by atoms with Gasteiger partial charge in [0.15, 0.2) is 5.78 Å². The van der Waals surface area contributed by atoms with Crippen molar-refractivity contribution in [3.63, 3.8) is 0 Å². The van der Waals surface area contributed by atoms with Gasteiger partial charge in [-0.1, -0.05) is 23.3 Å². The van der Waals surface area contributed by atoms with E-state index in [9.17, 15) is 9.90 Å². The van der Waals surface area contributed by atoms with Crippen molar-refractivity contribution in [3.8, 4) is 17.0 Å². The number of rotatable bonds is 4. The molecule has 0 fully saturated rings. The largest absolute Gasteiger partial charge is 0.540 e. The van der Waals surface area contributed by atoms with E-state index < -0.39 is 0 Å². The van der Waals surface area contributed by atoms with Crippen molar-refractivity contribution >= 4 is 5.78 Å². The van der Waals surface area contributed by atoms with Crippen LogP contribution in [0.3, 0.4) is 0 Å². The monoisotopic (exact) mass is 523 g/mol. The molecular weight excluding hydrogens is 501 g/mol. The first-order valence-corrected chi connectivity index (χ1v) is 7.37. The van der Waals surface area contributed by atoms with Gasteiger partial charge >= 0.3 is 0 Å². The van der Waals surface area contributed by atoms with Crippen LogP contribution < -0.4 is 4.74 Å². The zero-order valence-corrected chi connectivity index (χ0v) is 16.9. The Hall–Kier alpha value is -1.97. The summed E-state index contributed by atoms with van der Waals surface area (Å²) in [6.45, 7) is 4.80. The third-order valence-electron chi connectivity index (χ3n) is 2.99. The van der Waals surface area contributed by atoms with E-state index in [1.807, 2.05) is 19.1 Å². The first-order valence-electron chi connectivity index (χ1n) is 7.37. The number of methoxy groups -OCH3 is 1. The molecule has 0 aliphatic rings. The molecule has 2 aromatic rings. The molecule has 6 heteroatoms. The number of nitrogens with zero attached hydrogens (tertiary/aromatic N) is 1. The van der Waals surface area contributed by atoms with Crippen molar-refractivity contribution in [2.75, 3.05) is 7.11 Å². The van der Waals surface area contributed by atoms with E-state index in [2.05, 4.69) is 11.1 Å². The number of aliphatic hydroxyl groups excluding tert-OH is 2. The van der Waals surface area contributed by atoms with Crippen LogP contribution >= 0.6 is 0 Å². The standard InChI is InChI=1S/C14H14NO2.C5H8O2.Pt/c1-10-5-6-15-14(7-10)13-4-3-12(17-2)8-11(13)9-16;1-4(6)3-5(2)7;/h3,5-8,16H,9H2,1-2H3;3,6H,1-2H3;/q-1;;/b;4-3-;. The van der Waals surface area contributed by atoms with Crippen LogP contribution in [0.5, 0.6) is 5.75 Å². The molecule has 0 bridgehead atoms. The van der Waals surface area contributed by atoms with Crippen LogP contribution in [0, 0.1) is 13.0 Å². The van der Waals surface area contributed by atoms with Crippen LogP contribution in [-0.4, -0.2) is 28.1 Å². The molecule has 0 spiro atoms. The van der Waals surface area contributed by atoms with E-state index in [-0.39, 0.29) is 39.2 Å². The van der Waals surface area contributed by atoms with Crippen LogP contribution in [0.25, 0.3) is 11.3 Å². The minimum absolute atomic E-state index is 0. The Morgan fingerprint density at radius 1 is 1.36 bits per heavy atom. The zero-order chi connectivity index (χ0) is 18.1. The summed E-state index contributed by atoms with van der Waals surface area (Å²) in [5, 5.41) is 17.7. The number of pyridine rings is 1. The van der Waals surface area contributed by atoms with Gasteiger partial charge in [-0.25, -0.2) is 0 Å². The van der Waals surface area contributed by atoms with Gasteiger partial charge in [0, 0.05) is 45.7 Å². The maximum Gasteiger partial charge on any atom is 0.155 e. The molecule has 0 radical (unpaired) electrons. The minimum atomic E-state index is -0.125. The second-order valence-corrected chi connectivity index (χ2v) is 5.21. The molecule has 0 saturated heterocycles. The maximum atomic E-state index is 10.0. The van der Waals surface area contributed by atoms with Crippen LogP contribution in [0.2, 0.25) is 0 Å². The van der Waals surface area contributed by atoms with Gasteiger partial charge in [-0.2, -0.15) is 0 Å². The predicted octanol–water partition coefficient (Wildman–Crippen LogP) is 3.39. The topological polar surface area (TPSA) is 79.7 Å². The van der Waals surface area contributed by atoms with Gasteiger partial charge in [-0.15, -0.1) is 17.7 Å². The fourth-order valence-corrected chi connectivity index (χ4v) is 1.97. The maximum absolute atomic E-state index is 10.0. The molecule has 1 aromatic heterocycles. The molecule has 138 valence electrons. The van der Waals surface area contributed by atoms with Gasteiger partial charge in [-0.3, -0.25) is 4.79 Å². The van der Waals surface area contributed by atoms with Gasteiger partial charge in [-0.05, 0) is 32.5 Å². The van der Waals surface area contributed by atoms with Gasteiger partial charge in [0.05, 0.1) is 12.9 Å². The number of carbonyl (C=O) groups excluding carboxylic acids is 1. The Kier molecular flexibility index (Phi) is 10.6. The van der Waals surface area contributed by atoms with E-state index in [4.69, 9.17) is 9.84 Å². The smallest absolute Gasteiger partial charge is 0.155 e. The molecule has 2 N–H and O–H groups in total. The third-order valence-corrected chi connectivity index (χ3v) is 2.99. The van der Waals surface area contributed by atoms with Crippen LogP contribution in [0.1, 0.15) is 25.0 Å². The Bertz CT molecular complexity index is 725. The van der Waals surface area contributed by atoms with E-state index in [0.29, 0.717) is 5.75 Å². The quantitative estimate of drug-likeness (QED) is 0.365. The summed E-state index contributed by atoms with van der Waals surface area (Å²) in [7, 11) is 1.59. The normalized spacial score (nSPS) is 10.2. The van der Waals surface area contributed by atoms with Crippen molar-refractivity contribution in [1.82, 2.24) is 4.98 Å². The Morgan fingerprint density at radius 2 is 2.04 bits per heavy atom. The van der Waals surface area contributed by atoms with Gasteiger partial charge in [0.1, 0.15) is 0 Å². The summed E-state index contributed by atoms with van der Waals surface area (Å²) >= 11 is 0. The van der Waals surface area contributed by atoms with Gasteiger partial charge < -0.3 is 19.9 Å².